The fourth-order valence-electron chi connectivity index (χ4n) is 4.02. The van der Waals surface area contributed by atoms with E-state index >= 15 is 0 Å². The molecular formula is C22H19BClF2N3O4. The van der Waals surface area contributed by atoms with E-state index in [1.54, 1.807) is 26.0 Å². The highest BCUT2D eigenvalue weighted by molar-refractivity contribution is 6.30. The van der Waals surface area contributed by atoms with Gasteiger partial charge in [-0.1, -0.05) is 35.9 Å². The van der Waals surface area contributed by atoms with Crippen molar-refractivity contribution >= 4 is 43.1 Å². The van der Waals surface area contributed by atoms with Gasteiger partial charge in [0.25, 0.3) is 11.8 Å². The molecule has 0 saturated carbocycles. The maximum absolute atomic E-state index is 14.6. The fraction of sp³-hybridized carbons (Fsp3) is 0.273. The van der Waals surface area contributed by atoms with Crippen LogP contribution in [0.15, 0.2) is 42.5 Å². The van der Waals surface area contributed by atoms with Crippen molar-refractivity contribution in [2.45, 2.75) is 37.3 Å². The average molecular weight is 474 g/mol. The molecule has 2 aliphatic rings. The second-order valence-electron chi connectivity index (χ2n) is 8.09. The molecule has 2 aliphatic heterocycles. The van der Waals surface area contributed by atoms with E-state index in [1.807, 2.05) is 0 Å². The second-order valence-corrected chi connectivity index (χ2v) is 8.53. The lowest BCUT2D eigenvalue weighted by molar-refractivity contribution is -0.147. The number of hydrogen-bond acceptors (Lipinski definition) is 4. The lowest BCUT2D eigenvalue weighted by atomic mass is 9.87. The number of piperidine rings is 1. The Morgan fingerprint density at radius 2 is 1.88 bits per heavy atom. The van der Waals surface area contributed by atoms with E-state index in [2.05, 4.69) is 10.6 Å². The largest absolute Gasteiger partial charge is 0.352 e. The first-order valence-corrected chi connectivity index (χ1v) is 10.7. The van der Waals surface area contributed by atoms with Crippen LogP contribution in [0.25, 0.3) is 0 Å². The fourth-order valence-corrected chi connectivity index (χ4v) is 4.15. The summed E-state index contributed by atoms with van der Waals surface area (Å²) in [7, 11) is 1.56. The van der Waals surface area contributed by atoms with Crippen LogP contribution in [0, 0.1) is 0 Å². The molecule has 1 saturated heterocycles. The minimum atomic E-state index is -3.76. The zero-order valence-electron chi connectivity index (χ0n) is 17.5. The summed E-state index contributed by atoms with van der Waals surface area (Å²) < 4.78 is 29.2. The molecule has 2 aromatic rings. The molecule has 11 heteroatoms. The van der Waals surface area contributed by atoms with E-state index in [4.69, 9.17) is 11.6 Å². The van der Waals surface area contributed by atoms with Gasteiger partial charge < -0.3 is 10.2 Å². The molecule has 4 rings (SSSR count). The van der Waals surface area contributed by atoms with Crippen molar-refractivity contribution < 1.29 is 28.0 Å². The third-order valence-corrected chi connectivity index (χ3v) is 6.14. The maximum Gasteiger partial charge on any atom is 0.349 e. The summed E-state index contributed by atoms with van der Waals surface area (Å²) in [5.41, 5.74) is 1.07. The molecule has 33 heavy (non-hydrogen) atoms. The number of nitrogens with one attached hydrogen (secondary N) is 2. The number of fused-ring (bicyclic) bond motifs is 1. The minimum absolute atomic E-state index is 0.146. The molecule has 0 bridgehead atoms. The Balaban J connectivity index is 1.48. The Bertz CT molecular complexity index is 1160. The van der Waals surface area contributed by atoms with Gasteiger partial charge in [0, 0.05) is 35.1 Å². The Morgan fingerprint density at radius 1 is 1.18 bits per heavy atom. The van der Waals surface area contributed by atoms with Crippen LogP contribution < -0.4 is 10.6 Å². The number of halogens is 3. The van der Waals surface area contributed by atoms with Crippen molar-refractivity contribution in [3.8, 4) is 0 Å². The van der Waals surface area contributed by atoms with Crippen LogP contribution in [0.1, 0.15) is 45.8 Å². The molecule has 2 unspecified atom stereocenters. The highest BCUT2D eigenvalue weighted by atomic mass is 35.5. The van der Waals surface area contributed by atoms with Gasteiger partial charge >= 0.3 is 5.92 Å². The summed E-state index contributed by atoms with van der Waals surface area (Å²) in [5.74, 6) is -7.20. The van der Waals surface area contributed by atoms with Gasteiger partial charge in [0.1, 0.15) is 13.9 Å². The van der Waals surface area contributed by atoms with Gasteiger partial charge in [-0.3, -0.25) is 24.5 Å². The second kappa shape index (κ2) is 8.59. The predicted octanol–water partition coefficient (Wildman–Crippen LogP) is 1.64. The average Bonchev–Trinajstić information content (AvgIpc) is 3.09. The van der Waals surface area contributed by atoms with E-state index in [-0.39, 0.29) is 36.2 Å². The van der Waals surface area contributed by atoms with Gasteiger partial charge in [-0.2, -0.15) is 8.78 Å². The SMILES string of the molecule is BC(NC(=O)C(F)(F)c1ccc(Cl)cc1)c1ccc2c(c1)CN(C1CCC(=O)NC1=O)C2=O. The molecule has 7 nitrogen and oxygen atoms in total. The summed E-state index contributed by atoms with van der Waals surface area (Å²) in [6.07, 6.45) is 0.385. The minimum Gasteiger partial charge on any atom is -0.352 e. The molecule has 2 N–H and O–H groups in total. The van der Waals surface area contributed by atoms with Crippen LogP contribution in [0.3, 0.4) is 0 Å². The number of carbonyl (C=O) groups is 4. The van der Waals surface area contributed by atoms with Gasteiger partial charge in [0.05, 0.1) is 0 Å². The summed E-state index contributed by atoms with van der Waals surface area (Å²) in [6.45, 7) is 0.149. The highest BCUT2D eigenvalue weighted by Gasteiger charge is 2.42. The molecular weight excluding hydrogens is 455 g/mol. The molecule has 0 aromatic heterocycles. The van der Waals surface area contributed by atoms with E-state index < -0.39 is 35.3 Å². The Hall–Kier alpha value is -3.27. The van der Waals surface area contributed by atoms with Crippen molar-refractivity contribution in [1.82, 2.24) is 15.5 Å². The number of hydrogen-bond donors (Lipinski definition) is 2. The van der Waals surface area contributed by atoms with E-state index in [1.165, 1.54) is 17.0 Å². The number of imide groups is 1. The molecule has 0 aliphatic carbocycles. The number of amides is 4. The Labute approximate surface area is 193 Å². The lowest BCUT2D eigenvalue weighted by Crippen LogP contribution is -2.52. The smallest absolute Gasteiger partial charge is 0.349 e. The zero-order chi connectivity index (χ0) is 23.9. The van der Waals surface area contributed by atoms with Gasteiger partial charge in [-0.05, 0) is 35.7 Å². The molecule has 170 valence electrons. The van der Waals surface area contributed by atoms with Crippen LogP contribution in [0.2, 0.25) is 5.02 Å². The van der Waals surface area contributed by atoms with Gasteiger partial charge in [0.2, 0.25) is 11.8 Å². The highest BCUT2D eigenvalue weighted by Crippen LogP contribution is 2.32. The number of benzene rings is 2. The number of nitrogens with zero attached hydrogens (tertiary/aromatic N) is 1. The standard InChI is InChI=1S/C22H19BClF2N3O4/c23-18(28-21(33)22(25,26)13-2-4-14(24)5-3-13)11-1-6-15-12(9-11)10-29(20(15)32)16-7-8-17(30)27-19(16)31/h1-6,9,16,18H,7-8,10,23H2,(H,28,33)(H,27,30,31). The van der Waals surface area contributed by atoms with Crippen molar-refractivity contribution in [1.29, 1.82) is 0 Å². The molecule has 1 fully saturated rings. The Kier molecular flexibility index (Phi) is 5.96. The predicted molar refractivity (Wildman–Crippen MR) is 117 cm³/mol. The summed E-state index contributed by atoms with van der Waals surface area (Å²) in [5, 5.41) is 4.83. The Morgan fingerprint density at radius 3 is 2.55 bits per heavy atom. The van der Waals surface area contributed by atoms with Crippen LogP contribution in [0.5, 0.6) is 0 Å². The van der Waals surface area contributed by atoms with Gasteiger partial charge in [-0.25, -0.2) is 0 Å². The van der Waals surface area contributed by atoms with Crippen molar-refractivity contribution in [3.05, 3.63) is 69.7 Å². The summed E-state index contributed by atoms with van der Waals surface area (Å²) in [6, 6.07) is 8.80. The maximum atomic E-state index is 14.6. The number of alkyl halides is 2. The molecule has 4 amide bonds. The van der Waals surface area contributed by atoms with E-state index in [9.17, 15) is 28.0 Å². The molecule has 0 radical (unpaired) electrons. The van der Waals surface area contributed by atoms with Crippen molar-refractivity contribution in [3.63, 3.8) is 0 Å². The van der Waals surface area contributed by atoms with Crippen molar-refractivity contribution in [2.24, 2.45) is 0 Å². The zero-order valence-corrected chi connectivity index (χ0v) is 18.3. The third kappa shape index (κ3) is 4.35. The van der Waals surface area contributed by atoms with Crippen LogP contribution in [-0.2, 0) is 26.9 Å². The normalized spacial score (nSPS) is 19.2. The lowest BCUT2D eigenvalue weighted by Gasteiger charge is -2.29. The van der Waals surface area contributed by atoms with Gasteiger partial charge in [-0.15, -0.1) is 0 Å². The van der Waals surface area contributed by atoms with E-state index in [0.29, 0.717) is 16.7 Å². The van der Waals surface area contributed by atoms with Crippen LogP contribution in [-0.4, -0.2) is 42.4 Å². The van der Waals surface area contributed by atoms with E-state index in [0.717, 1.165) is 12.1 Å². The van der Waals surface area contributed by atoms with Crippen molar-refractivity contribution in [2.75, 3.05) is 0 Å². The third-order valence-electron chi connectivity index (χ3n) is 5.89. The molecule has 2 heterocycles. The summed E-state index contributed by atoms with van der Waals surface area (Å²) >= 11 is 5.73. The van der Waals surface area contributed by atoms with Crippen LogP contribution >= 0.6 is 11.6 Å². The molecule has 0 spiro atoms. The van der Waals surface area contributed by atoms with Crippen LogP contribution in [0.4, 0.5) is 8.78 Å². The topological polar surface area (TPSA) is 95.6 Å². The first-order valence-electron chi connectivity index (χ1n) is 10.3. The monoisotopic (exact) mass is 473 g/mol. The quantitative estimate of drug-likeness (QED) is 0.510. The number of carbonyl (C=O) groups excluding carboxylic acids is 4. The first-order chi connectivity index (χ1) is 15.6. The number of rotatable bonds is 5. The first kappa shape index (κ1) is 22.9. The summed E-state index contributed by atoms with van der Waals surface area (Å²) in [4.78, 5) is 50.0. The van der Waals surface area contributed by atoms with Gasteiger partial charge in [0.15, 0.2) is 0 Å². The molecule has 2 aromatic carbocycles. The molecule has 2 atom stereocenters.